The van der Waals surface area contributed by atoms with Gasteiger partial charge in [0.15, 0.2) is 0 Å². The molecule has 0 radical (unpaired) electrons. The molecule has 0 saturated carbocycles. The molecule has 4 heteroatoms. The summed E-state index contributed by atoms with van der Waals surface area (Å²) in [6.45, 7) is 1.94. The number of nitrogens with zero attached hydrogens (tertiary/aromatic N) is 1. The second kappa shape index (κ2) is 5.38. The Kier molecular flexibility index (Phi) is 3.84. The average Bonchev–Trinajstić information content (AvgIpc) is 2.37. The van der Waals surface area contributed by atoms with Crippen molar-refractivity contribution in [3.05, 3.63) is 58.4 Å². The van der Waals surface area contributed by atoms with Crippen molar-refractivity contribution in [2.75, 3.05) is 7.11 Å². The first-order valence-electron chi connectivity index (χ1n) is 5.54. The summed E-state index contributed by atoms with van der Waals surface area (Å²) in [4.78, 5) is 4.03. The van der Waals surface area contributed by atoms with E-state index >= 15 is 0 Å². The zero-order valence-corrected chi connectivity index (χ0v) is 11.0. The third kappa shape index (κ3) is 2.81. The predicted molar refractivity (Wildman–Crippen MR) is 71.0 cm³/mol. The van der Waals surface area contributed by atoms with Crippen molar-refractivity contribution in [1.29, 1.82) is 0 Å². The van der Waals surface area contributed by atoms with Crippen LogP contribution in [-0.2, 0) is 0 Å². The lowest BCUT2D eigenvalue weighted by atomic mass is 10.0. The van der Waals surface area contributed by atoms with E-state index < -0.39 is 6.10 Å². The highest BCUT2D eigenvalue weighted by molar-refractivity contribution is 6.30. The monoisotopic (exact) mass is 263 g/mol. The Balaban J connectivity index is 2.37. The van der Waals surface area contributed by atoms with E-state index in [0.717, 1.165) is 11.1 Å². The summed E-state index contributed by atoms with van der Waals surface area (Å²) >= 11 is 5.99. The van der Waals surface area contributed by atoms with E-state index in [4.69, 9.17) is 16.3 Å². The van der Waals surface area contributed by atoms with E-state index in [1.165, 1.54) is 0 Å². The maximum Gasteiger partial charge on any atom is 0.137 e. The van der Waals surface area contributed by atoms with Gasteiger partial charge in [0.25, 0.3) is 0 Å². The van der Waals surface area contributed by atoms with Crippen LogP contribution >= 0.6 is 11.6 Å². The van der Waals surface area contributed by atoms with Crippen LogP contribution in [0.15, 0.2) is 36.7 Å². The Labute approximate surface area is 111 Å². The van der Waals surface area contributed by atoms with E-state index in [1.807, 2.05) is 19.1 Å². The van der Waals surface area contributed by atoms with Gasteiger partial charge in [-0.1, -0.05) is 17.7 Å². The minimum atomic E-state index is -0.759. The van der Waals surface area contributed by atoms with Gasteiger partial charge in [0.1, 0.15) is 11.9 Å². The van der Waals surface area contributed by atoms with Gasteiger partial charge in [-0.3, -0.25) is 4.98 Å². The summed E-state index contributed by atoms with van der Waals surface area (Å²) in [6, 6.07) is 7.25. The van der Waals surface area contributed by atoms with E-state index in [-0.39, 0.29) is 0 Å². The number of aryl methyl sites for hydroxylation is 1. The highest BCUT2D eigenvalue weighted by atomic mass is 35.5. The van der Waals surface area contributed by atoms with Crippen molar-refractivity contribution < 1.29 is 9.84 Å². The van der Waals surface area contributed by atoms with Gasteiger partial charge >= 0.3 is 0 Å². The van der Waals surface area contributed by atoms with Crippen LogP contribution in [-0.4, -0.2) is 17.2 Å². The molecular weight excluding hydrogens is 250 g/mol. The summed E-state index contributed by atoms with van der Waals surface area (Å²) in [6.07, 6.45) is 2.45. The number of benzene rings is 1. The summed E-state index contributed by atoms with van der Waals surface area (Å²) in [5.41, 5.74) is 2.43. The lowest BCUT2D eigenvalue weighted by Gasteiger charge is -2.13. The second-order valence-electron chi connectivity index (χ2n) is 4.12. The third-order valence-corrected chi connectivity index (χ3v) is 2.88. The molecule has 0 aliphatic rings. The van der Waals surface area contributed by atoms with Gasteiger partial charge < -0.3 is 9.84 Å². The number of aliphatic hydroxyl groups is 1. The molecule has 2 rings (SSSR count). The van der Waals surface area contributed by atoms with E-state index in [9.17, 15) is 5.11 Å². The molecule has 1 N–H and O–H groups in total. The smallest absolute Gasteiger partial charge is 0.137 e. The zero-order valence-electron chi connectivity index (χ0n) is 10.2. The highest BCUT2D eigenvalue weighted by Crippen LogP contribution is 2.26. The number of hydrogen-bond acceptors (Lipinski definition) is 3. The molecule has 2 aromatic rings. The molecule has 0 spiro atoms. The van der Waals surface area contributed by atoms with Gasteiger partial charge in [-0.25, -0.2) is 0 Å². The van der Waals surface area contributed by atoms with Gasteiger partial charge in [0.05, 0.1) is 13.3 Å². The molecule has 0 aliphatic carbocycles. The van der Waals surface area contributed by atoms with Crippen molar-refractivity contribution in [3.8, 4) is 5.75 Å². The quantitative estimate of drug-likeness (QED) is 0.925. The molecule has 0 saturated heterocycles. The molecule has 18 heavy (non-hydrogen) atoms. The van der Waals surface area contributed by atoms with E-state index in [2.05, 4.69) is 4.98 Å². The number of pyridine rings is 1. The van der Waals surface area contributed by atoms with Gasteiger partial charge in [0.2, 0.25) is 0 Å². The summed E-state index contributed by atoms with van der Waals surface area (Å²) < 4.78 is 5.09. The Hall–Kier alpha value is -1.58. The fourth-order valence-electron chi connectivity index (χ4n) is 1.81. The van der Waals surface area contributed by atoms with Gasteiger partial charge in [-0.05, 0) is 36.2 Å². The van der Waals surface area contributed by atoms with Crippen molar-refractivity contribution in [2.24, 2.45) is 0 Å². The summed E-state index contributed by atoms with van der Waals surface area (Å²) in [5.74, 6) is 0.616. The lowest BCUT2D eigenvalue weighted by Crippen LogP contribution is -2.01. The van der Waals surface area contributed by atoms with Crippen LogP contribution in [0.1, 0.15) is 22.8 Å². The molecule has 1 aromatic heterocycles. The summed E-state index contributed by atoms with van der Waals surface area (Å²) in [5, 5.41) is 10.9. The van der Waals surface area contributed by atoms with Crippen molar-refractivity contribution >= 4 is 11.6 Å². The molecule has 1 aromatic carbocycles. The molecule has 0 bridgehead atoms. The van der Waals surface area contributed by atoms with Crippen LogP contribution in [0.4, 0.5) is 0 Å². The number of ether oxygens (including phenoxy) is 1. The largest absolute Gasteiger partial charge is 0.495 e. The highest BCUT2D eigenvalue weighted by Gasteiger charge is 2.12. The standard InChI is InChI=1S/C14H14ClNO2/c1-9-3-10(5-12(15)4-9)14(17)11-6-13(18-2)8-16-7-11/h3-8,14,17H,1-2H3. The second-order valence-corrected chi connectivity index (χ2v) is 4.56. The predicted octanol–water partition coefficient (Wildman–Crippen LogP) is 3.13. The average molecular weight is 264 g/mol. The number of rotatable bonds is 3. The minimum Gasteiger partial charge on any atom is -0.495 e. The topological polar surface area (TPSA) is 42.4 Å². The van der Waals surface area contributed by atoms with Crippen LogP contribution < -0.4 is 4.74 Å². The molecule has 94 valence electrons. The number of halogens is 1. The molecule has 0 fully saturated rings. The minimum absolute atomic E-state index is 0.611. The first-order valence-corrected chi connectivity index (χ1v) is 5.92. The van der Waals surface area contributed by atoms with Gasteiger partial charge in [-0.15, -0.1) is 0 Å². The Morgan fingerprint density at radius 1 is 1.17 bits per heavy atom. The number of hydrogen-bond donors (Lipinski definition) is 1. The lowest BCUT2D eigenvalue weighted by molar-refractivity contribution is 0.219. The van der Waals surface area contributed by atoms with Crippen molar-refractivity contribution in [1.82, 2.24) is 4.98 Å². The molecule has 1 unspecified atom stereocenters. The van der Waals surface area contributed by atoms with Crippen LogP contribution in [0.3, 0.4) is 0 Å². The Morgan fingerprint density at radius 3 is 2.61 bits per heavy atom. The first-order chi connectivity index (χ1) is 8.60. The van der Waals surface area contributed by atoms with E-state index in [0.29, 0.717) is 16.3 Å². The molecule has 0 aliphatic heterocycles. The van der Waals surface area contributed by atoms with Crippen LogP contribution in [0.25, 0.3) is 0 Å². The van der Waals surface area contributed by atoms with Crippen LogP contribution in [0.5, 0.6) is 5.75 Å². The normalized spacial score (nSPS) is 12.2. The zero-order chi connectivity index (χ0) is 13.1. The van der Waals surface area contributed by atoms with Crippen molar-refractivity contribution in [3.63, 3.8) is 0 Å². The van der Waals surface area contributed by atoms with E-state index in [1.54, 1.807) is 31.6 Å². The fraction of sp³-hybridized carbons (Fsp3) is 0.214. The summed E-state index contributed by atoms with van der Waals surface area (Å²) in [7, 11) is 1.57. The molecule has 1 heterocycles. The van der Waals surface area contributed by atoms with Crippen LogP contribution in [0.2, 0.25) is 5.02 Å². The number of methoxy groups -OCH3 is 1. The van der Waals surface area contributed by atoms with Crippen LogP contribution in [0, 0.1) is 6.92 Å². The maximum absolute atomic E-state index is 10.3. The van der Waals surface area contributed by atoms with Gasteiger partial charge in [-0.2, -0.15) is 0 Å². The molecule has 0 amide bonds. The third-order valence-electron chi connectivity index (χ3n) is 2.67. The molecule has 1 atom stereocenters. The Morgan fingerprint density at radius 2 is 1.94 bits per heavy atom. The first kappa shape index (κ1) is 12.9. The molecule has 3 nitrogen and oxygen atoms in total. The Bertz CT molecular complexity index is 537. The van der Waals surface area contributed by atoms with Gasteiger partial charge in [0, 0.05) is 16.8 Å². The molecular formula is C14H14ClNO2. The fourth-order valence-corrected chi connectivity index (χ4v) is 2.11. The number of aliphatic hydroxyl groups excluding tert-OH is 1. The number of aromatic nitrogens is 1. The SMILES string of the molecule is COc1cncc(C(O)c2cc(C)cc(Cl)c2)c1. The maximum atomic E-state index is 10.3. The van der Waals surface area contributed by atoms with Crippen molar-refractivity contribution in [2.45, 2.75) is 13.0 Å².